The highest BCUT2D eigenvalue weighted by atomic mass is 15.2. The van der Waals surface area contributed by atoms with E-state index >= 15 is 0 Å². The van der Waals surface area contributed by atoms with E-state index in [-0.39, 0.29) is 0 Å². The molecule has 0 fully saturated rings. The fourth-order valence-corrected chi connectivity index (χ4v) is 10.3. The van der Waals surface area contributed by atoms with Gasteiger partial charge in [0.2, 0.25) is 0 Å². The Kier molecular flexibility index (Phi) is 8.64. The molecule has 1 aliphatic heterocycles. The highest BCUT2D eigenvalue weighted by molar-refractivity contribution is 6.73. The number of hydrogen-bond donors (Lipinski definition) is 1. The Morgan fingerprint density at radius 2 is 1.21 bits per heavy atom. The summed E-state index contributed by atoms with van der Waals surface area (Å²) in [4.78, 5) is 2.64. The van der Waals surface area contributed by atoms with E-state index in [1.54, 1.807) is 0 Å². The van der Waals surface area contributed by atoms with Gasteiger partial charge < -0.3 is 10.2 Å². The minimum absolute atomic E-state index is 0.872. The molecule has 9 aromatic rings. The molecule has 1 radical (unpaired) electrons. The third-order valence-corrected chi connectivity index (χ3v) is 13.4. The Hall–Kier alpha value is -7.36. The zero-order chi connectivity index (χ0) is 41.3. The molecule has 1 N–H and O–H groups in total. The molecule has 0 atom stereocenters. The van der Waals surface area contributed by atoms with Crippen molar-refractivity contribution in [3.8, 4) is 55.6 Å². The molecule has 0 saturated carbocycles. The Balaban J connectivity index is 1.18. The van der Waals surface area contributed by atoms with Gasteiger partial charge in [0.1, 0.15) is 0 Å². The topological polar surface area (TPSA) is 15.3 Å². The summed E-state index contributed by atoms with van der Waals surface area (Å²) < 4.78 is 0. The number of fused-ring (bicyclic) bond motifs is 9. The third kappa shape index (κ3) is 5.95. The van der Waals surface area contributed by atoms with Gasteiger partial charge in [-0.15, -0.1) is 0 Å². The van der Waals surface area contributed by atoms with E-state index in [1.807, 2.05) is 0 Å². The van der Waals surface area contributed by atoms with Gasteiger partial charge in [-0.25, -0.2) is 0 Å². The van der Waals surface area contributed by atoms with Crippen LogP contribution in [-0.4, -0.2) is 7.28 Å². The molecular formula is C59H44BN2. The van der Waals surface area contributed by atoms with Gasteiger partial charge in [0.15, 0.2) is 7.28 Å². The van der Waals surface area contributed by atoms with Crippen LogP contribution < -0.4 is 21.1 Å². The van der Waals surface area contributed by atoms with E-state index in [9.17, 15) is 0 Å². The van der Waals surface area contributed by atoms with Crippen molar-refractivity contribution in [2.75, 3.05) is 10.2 Å². The lowest BCUT2D eigenvalue weighted by atomic mass is 9.56. The van der Waals surface area contributed by atoms with Gasteiger partial charge >= 0.3 is 0 Å². The summed E-state index contributed by atoms with van der Waals surface area (Å²) in [5, 5.41) is 3.95. The van der Waals surface area contributed by atoms with Crippen molar-refractivity contribution in [2.24, 2.45) is 0 Å². The minimum Gasteiger partial charge on any atom is -0.355 e. The van der Waals surface area contributed by atoms with Crippen molar-refractivity contribution >= 4 is 46.6 Å². The van der Waals surface area contributed by atoms with Crippen LogP contribution in [0.3, 0.4) is 0 Å². The Morgan fingerprint density at radius 3 is 1.98 bits per heavy atom. The normalized spacial score (nSPS) is 12.7. The van der Waals surface area contributed by atoms with Crippen LogP contribution in [0.15, 0.2) is 188 Å². The van der Waals surface area contributed by atoms with E-state index in [4.69, 9.17) is 0 Å². The summed E-state index contributed by atoms with van der Waals surface area (Å²) in [5.41, 5.74) is 29.0. The van der Waals surface area contributed by atoms with Crippen molar-refractivity contribution in [1.82, 2.24) is 0 Å². The largest absolute Gasteiger partial charge is 0.355 e. The first-order chi connectivity index (χ1) is 30.6. The van der Waals surface area contributed by atoms with E-state index in [1.165, 1.54) is 117 Å². The molecule has 9 aromatic carbocycles. The highest BCUT2D eigenvalue weighted by Crippen LogP contribution is 2.53. The van der Waals surface area contributed by atoms with Crippen LogP contribution in [0.25, 0.3) is 55.6 Å². The standard InChI is InChI=1S/C59H44BN2/c1-3-38-24-31-54(49(32-38)40-16-8-5-9-17-40)62-55-36-50-46-20-12-10-19-43(46)34-51(50)57(58(55)60-52-30-26-44-33-42-18-11-13-21-47(42)56(44)59(52)62)48-29-25-41(39-14-6-4-7-15-39)35-53(48)61-45-27-22-37(2)23-28-45/h4-32,35-36,61H,3,33-34H2,1-2H3. The number of anilines is 5. The number of rotatable bonds is 7. The molecular weight excluding hydrogens is 747 g/mol. The summed E-state index contributed by atoms with van der Waals surface area (Å²) in [6.07, 6.45) is 2.77. The Labute approximate surface area is 365 Å². The van der Waals surface area contributed by atoms with Crippen LogP contribution in [0.4, 0.5) is 28.4 Å². The fraction of sp³-hybridized carbons (Fsp3) is 0.0847. The quantitative estimate of drug-likeness (QED) is 0.162. The molecule has 293 valence electrons. The maximum atomic E-state index is 3.95. The summed E-state index contributed by atoms with van der Waals surface area (Å²) in [6.45, 7) is 4.40. The zero-order valence-electron chi connectivity index (χ0n) is 35.0. The molecule has 2 aliphatic carbocycles. The summed E-state index contributed by atoms with van der Waals surface area (Å²) in [7, 11) is 2.50. The Morgan fingerprint density at radius 1 is 0.500 bits per heavy atom. The summed E-state index contributed by atoms with van der Waals surface area (Å²) in [6, 6.07) is 70.1. The van der Waals surface area contributed by atoms with E-state index in [0.717, 1.165) is 30.6 Å². The van der Waals surface area contributed by atoms with Crippen molar-refractivity contribution in [3.05, 3.63) is 221 Å². The molecule has 3 heteroatoms. The molecule has 0 spiro atoms. The van der Waals surface area contributed by atoms with Gasteiger partial charge in [-0.2, -0.15) is 0 Å². The van der Waals surface area contributed by atoms with Crippen LogP contribution >= 0.6 is 0 Å². The molecule has 62 heavy (non-hydrogen) atoms. The SMILES string of the molecule is CCc1ccc(N2c3cc4c(c(-c5ccc(-c6ccccc6)cc5Nc5ccc(C)cc5)c3[B]c3ccc5c(c32)-c2ccccc2C5)Cc2ccccc2-4)c(-c2ccccc2)c1. The molecule has 0 bridgehead atoms. The van der Waals surface area contributed by atoms with Crippen LogP contribution in [0.5, 0.6) is 0 Å². The van der Waals surface area contributed by atoms with Crippen LogP contribution in [-0.2, 0) is 19.3 Å². The number of nitrogens with zero attached hydrogens (tertiary/aromatic N) is 1. The van der Waals surface area contributed by atoms with Crippen LogP contribution in [0.1, 0.15) is 40.3 Å². The molecule has 2 nitrogen and oxygen atoms in total. The van der Waals surface area contributed by atoms with Crippen LogP contribution in [0, 0.1) is 6.92 Å². The molecule has 12 rings (SSSR count). The first-order valence-electron chi connectivity index (χ1n) is 22.0. The minimum atomic E-state index is 0.872. The van der Waals surface area contributed by atoms with E-state index < -0.39 is 0 Å². The van der Waals surface area contributed by atoms with Crippen molar-refractivity contribution in [1.29, 1.82) is 0 Å². The fourth-order valence-electron chi connectivity index (χ4n) is 10.3. The third-order valence-electron chi connectivity index (χ3n) is 13.4. The first-order valence-corrected chi connectivity index (χ1v) is 22.0. The summed E-state index contributed by atoms with van der Waals surface area (Å²) in [5.74, 6) is 0. The monoisotopic (exact) mass is 791 g/mol. The molecule has 0 aromatic heterocycles. The Bertz CT molecular complexity index is 3220. The second-order valence-electron chi connectivity index (χ2n) is 17.1. The lowest BCUT2D eigenvalue weighted by Gasteiger charge is -2.38. The number of nitrogens with one attached hydrogen (secondary N) is 1. The molecule has 0 unspecified atom stereocenters. The molecule has 0 amide bonds. The number of benzene rings is 9. The van der Waals surface area contributed by atoms with Gasteiger partial charge in [0.25, 0.3) is 0 Å². The highest BCUT2D eigenvalue weighted by Gasteiger charge is 2.37. The second kappa shape index (κ2) is 14.7. The first kappa shape index (κ1) is 36.5. The summed E-state index contributed by atoms with van der Waals surface area (Å²) >= 11 is 0. The van der Waals surface area contributed by atoms with Crippen molar-refractivity contribution in [2.45, 2.75) is 33.1 Å². The average molecular weight is 792 g/mol. The number of aryl methyl sites for hydroxylation is 2. The van der Waals surface area contributed by atoms with Gasteiger partial charge in [-0.1, -0.05) is 170 Å². The zero-order valence-corrected chi connectivity index (χ0v) is 35.0. The van der Waals surface area contributed by atoms with Crippen LogP contribution in [0.2, 0.25) is 0 Å². The lowest BCUT2D eigenvalue weighted by Crippen LogP contribution is -2.42. The predicted molar refractivity (Wildman–Crippen MR) is 263 cm³/mol. The maximum absolute atomic E-state index is 3.95. The maximum Gasteiger partial charge on any atom is 0.197 e. The molecule has 3 aliphatic rings. The van der Waals surface area contributed by atoms with E-state index in [2.05, 4.69) is 219 Å². The van der Waals surface area contributed by atoms with Gasteiger partial charge in [-0.05, 0) is 135 Å². The molecule has 0 saturated heterocycles. The number of hydrogen-bond acceptors (Lipinski definition) is 2. The van der Waals surface area contributed by atoms with Crippen molar-refractivity contribution in [3.63, 3.8) is 0 Å². The molecule has 1 heterocycles. The second-order valence-corrected chi connectivity index (χ2v) is 17.1. The van der Waals surface area contributed by atoms with Gasteiger partial charge in [0, 0.05) is 39.4 Å². The van der Waals surface area contributed by atoms with E-state index in [0.29, 0.717) is 0 Å². The lowest BCUT2D eigenvalue weighted by molar-refractivity contribution is 1.14. The predicted octanol–water partition coefficient (Wildman–Crippen LogP) is 13.9. The van der Waals surface area contributed by atoms with Crippen molar-refractivity contribution < 1.29 is 0 Å². The van der Waals surface area contributed by atoms with Gasteiger partial charge in [-0.3, -0.25) is 0 Å². The van der Waals surface area contributed by atoms with Gasteiger partial charge in [0.05, 0.1) is 5.69 Å². The average Bonchev–Trinajstić information content (AvgIpc) is 3.90. The smallest absolute Gasteiger partial charge is 0.197 e.